The van der Waals surface area contributed by atoms with Crippen molar-refractivity contribution in [2.45, 2.75) is 32.4 Å². The third-order valence-electron chi connectivity index (χ3n) is 3.44. The van der Waals surface area contributed by atoms with Crippen LogP contribution in [0.25, 0.3) is 0 Å². The Kier molecular flexibility index (Phi) is 4.42. The average Bonchev–Trinajstić information content (AvgIpc) is 2.72. The lowest BCUT2D eigenvalue weighted by molar-refractivity contribution is 0.290. The average molecular weight is 288 g/mol. The highest BCUT2D eigenvalue weighted by atomic mass is 32.2. The fourth-order valence-electron chi connectivity index (χ4n) is 2.21. The molecule has 1 fully saturated rings. The number of hydrogen-bond donors (Lipinski definition) is 1. The van der Waals surface area contributed by atoms with E-state index in [-0.39, 0.29) is 0 Å². The van der Waals surface area contributed by atoms with E-state index in [0.29, 0.717) is 19.1 Å². The zero-order chi connectivity index (χ0) is 13.2. The van der Waals surface area contributed by atoms with Crippen LogP contribution >= 0.6 is 11.3 Å². The monoisotopic (exact) mass is 288 g/mol. The molecule has 4 nitrogen and oxygen atoms in total. The van der Waals surface area contributed by atoms with Gasteiger partial charge < -0.3 is 5.32 Å². The highest BCUT2D eigenvalue weighted by Crippen LogP contribution is 2.17. The van der Waals surface area contributed by atoms with Gasteiger partial charge in [-0.25, -0.2) is 12.7 Å². The van der Waals surface area contributed by atoms with Gasteiger partial charge in [0.15, 0.2) is 0 Å². The van der Waals surface area contributed by atoms with E-state index in [2.05, 4.69) is 23.7 Å². The van der Waals surface area contributed by atoms with Crippen LogP contribution in [0.5, 0.6) is 0 Å². The lowest BCUT2D eigenvalue weighted by Crippen LogP contribution is -2.44. The Labute approximate surface area is 113 Å². The number of aryl methyl sites for hydroxylation is 1. The molecular weight excluding hydrogens is 268 g/mol. The van der Waals surface area contributed by atoms with Gasteiger partial charge in [0, 0.05) is 30.6 Å². The predicted molar refractivity (Wildman–Crippen MR) is 75.3 cm³/mol. The standard InChI is InChI=1S/C12H20N2O2S2/c1-10-5-8-17-12(10)9-13-11-3-6-14(7-4-11)18(2,15)16/h5,8,11,13H,3-4,6-7,9H2,1-2H3. The summed E-state index contributed by atoms with van der Waals surface area (Å²) in [5, 5.41) is 5.64. The third-order valence-corrected chi connectivity index (χ3v) is 5.77. The molecule has 1 aromatic heterocycles. The summed E-state index contributed by atoms with van der Waals surface area (Å²) in [7, 11) is -3.01. The molecule has 0 amide bonds. The maximum Gasteiger partial charge on any atom is 0.211 e. The Balaban J connectivity index is 1.79. The summed E-state index contributed by atoms with van der Waals surface area (Å²) < 4.78 is 24.3. The van der Waals surface area contributed by atoms with Crippen LogP contribution in [0.4, 0.5) is 0 Å². The second-order valence-electron chi connectivity index (χ2n) is 4.84. The van der Waals surface area contributed by atoms with E-state index in [0.717, 1.165) is 19.4 Å². The SMILES string of the molecule is Cc1ccsc1CNC1CCN(S(C)(=O)=O)CC1. The van der Waals surface area contributed by atoms with Gasteiger partial charge in [-0.15, -0.1) is 11.3 Å². The highest BCUT2D eigenvalue weighted by molar-refractivity contribution is 7.88. The Morgan fingerprint density at radius 3 is 2.61 bits per heavy atom. The van der Waals surface area contributed by atoms with Gasteiger partial charge in [0.1, 0.15) is 0 Å². The molecule has 0 radical (unpaired) electrons. The number of hydrogen-bond acceptors (Lipinski definition) is 4. The quantitative estimate of drug-likeness (QED) is 0.915. The molecule has 1 aromatic rings. The van der Waals surface area contributed by atoms with Gasteiger partial charge in [0.05, 0.1) is 6.26 Å². The lowest BCUT2D eigenvalue weighted by atomic mass is 10.1. The van der Waals surface area contributed by atoms with Gasteiger partial charge in [-0.1, -0.05) is 0 Å². The van der Waals surface area contributed by atoms with Crippen molar-refractivity contribution in [2.24, 2.45) is 0 Å². The van der Waals surface area contributed by atoms with Crippen LogP contribution in [0, 0.1) is 6.92 Å². The first-order valence-electron chi connectivity index (χ1n) is 6.18. The topological polar surface area (TPSA) is 49.4 Å². The summed E-state index contributed by atoms with van der Waals surface area (Å²) in [6.07, 6.45) is 3.09. The van der Waals surface area contributed by atoms with Gasteiger partial charge >= 0.3 is 0 Å². The van der Waals surface area contributed by atoms with Gasteiger partial charge in [-0.2, -0.15) is 0 Å². The second kappa shape index (κ2) is 5.69. The van der Waals surface area contributed by atoms with Gasteiger partial charge in [0.25, 0.3) is 0 Å². The van der Waals surface area contributed by atoms with Crippen LogP contribution in [0.2, 0.25) is 0 Å². The van der Waals surface area contributed by atoms with Gasteiger partial charge in [-0.3, -0.25) is 0 Å². The summed E-state index contributed by atoms with van der Waals surface area (Å²) in [5.74, 6) is 0. The first-order valence-corrected chi connectivity index (χ1v) is 8.91. The fourth-order valence-corrected chi connectivity index (χ4v) is 3.94. The van der Waals surface area contributed by atoms with Gasteiger partial charge in [-0.05, 0) is 36.8 Å². The van der Waals surface area contributed by atoms with E-state index in [1.165, 1.54) is 16.7 Å². The Hall–Kier alpha value is -0.430. The summed E-state index contributed by atoms with van der Waals surface area (Å²) >= 11 is 1.77. The molecule has 0 aliphatic carbocycles. The van der Waals surface area contributed by atoms with Crippen molar-refractivity contribution in [3.05, 3.63) is 21.9 Å². The molecule has 2 heterocycles. The molecule has 1 saturated heterocycles. The fraction of sp³-hybridized carbons (Fsp3) is 0.667. The number of nitrogens with one attached hydrogen (secondary N) is 1. The van der Waals surface area contributed by atoms with Crippen LogP contribution in [-0.2, 0) is 16.6 Å². The van der Waals surface area contributed by atoms with Crippen molar-refractivity contribution in [3.8, 4) is 0 Å². The molecule has 6 heteroatoms. The number of nitrogens with zero attached hydrogens (tertiary/aromatic N) is 1. The first-order chi connectivity index (χ1) is 8.47. The lowest BCUT2D eigenvalue weighted by Gasteiger charge is -2.30. The second-order valence-corrected chi connectivity index (χ2v) is 7.83. The molecule has 1 N–H and O–H groups in total. The molecular formula is C12H20N2O2S2. The van der Waals surface area contributed by atoms with Crippen LogP contribution in [0.15, 0.2) is 11.4 Å². The summed E-state index contributed by atoms with van der Waals surface area (Å²) in [4.78, 5) is 1.38. The zero-order valence-corrected chi connectivity index (χ0v) is 12.5. The maximum atomic E-state index is 11.4. The van der Waals surface area contributed by atoms with Crippen molar-refractivity contribution in [1.82, 2.24) is 9.62 Å². The van der Waals surface area contributed by atoms with E-state index in [9.17, 15) is 8.42 Å². The molecule has 0 atom stereocenters. The largest absolute Gasteiger partial charge is 0.309 e. The minimum atomic E-state index is -3.01. The molecule has 1 aliphatic rings. The third kappa shape index (κ3) is 3.54. The molecule has 0 unspecified atom stereocenters. The molecule has 0 spiro atoms. The molecule has 0 bridgehead atoms. The molecule has 2 rings (SSSR count). The van der Waals surface area contributed by atoms with E-state index in [1.54, 1.807) is 15.6 Å². The molecule has 18 heavy (non-hydrogen) atoms. The minimum absolute atomic E-state index is 0.435. The summed E-state index contributed by atoms with van der Waals surface area (Å²) in [6.45, 7) is 4.30. The van der Waals surface area contributed by atoms with Gasteiger partial charge in [0.2, 0.25) is 10.0 Å². The normalized spacial score (nSPS) is 19.2. The smallest absolute Gasteiger partial charge is 0.211 e. The van der Waals surface area contributed by atoms with E-state index in [1.807, 2.05) is 0 Å². The van der Waals surface area contributed by atoms with Crippen molar-refractivity contribution < 1.29 is 8.42 Å². The van der Waals surface area contributed by atoms with Crippen molar-refractivity contribution in [2.75, 3.05) is 19.3 Å². The molecule has 0 aromatic carbocycles. The van der Waals surface area contributed by atoms with Crippen molar-refractivity contribution >= 4 is 21.4 Å². The van der Waals surface area contributed by atoms with E-state index >= 15 is 0 Å². The van der Waals surface area contributed by atoms with E-state index < -0.39 is 10.0 Å². The highest BCUT2D eigenvalue weighted by Gasteiger charge is 2.24. The van der Waals surface area contributed by atoms with E-state index in [4.69, 9.17) is 0 Å². The number of thiophene rings is 1. The predicted octanol–water partition coefficient (Wildman–Crippen LogP) is 1.57. The Morgan fingerprint density at radius 2 is 2.11 bits per heavy atom. The molecule has 102 valence electrons. The molecule has 1 aliphatic heterocycles. The van der Waals surface area contributed by atoms with Crippen LogP contribution in [0.1, 0.15) is 23.3 Å². The number of rotatable bonds is 4. The Morgan fingerprint density at radius 1 is 1.44 bits per heavy atom. The molecule has 0 saturated carbocycles. The van der Waals surface area contributed by atoms with Crippen molar-refractivity contribution in [3.63, 3.8) is 0 Å². The summed E-state index contributed by atoms with van der Waals surface area (Å²) in [5.41, 5.74) is 1.33. The van der Waals surface area contributed by atoms with Crippen LogP contribution in [-0.4, -0.2) is 38.1 Å². The number of piperidine rings is 1. The number of sulfonamides is 1. The van der Waals surface area contributed by atoms with Crippen LogP contribution in [0.3, 0.4) is 0 Å². The summed E-state index contributed by atoms with van der Waals surface area (Å²) in [6, 6.07) is 2.57. The van der Waals surface area contributed by atoms with Crippen molar-refractivity contribution in [1.29, 1.82) is 0 Å². The first kappa shape index (κ1) is 14.0. The Bertz CT molecular complexity index is 488. The van der Waals surface area contributed by atoms with Crippen LogP contribution < -0.4 is 5.32 Å². The minimum Gasteiger partial charge on any atom is -0.309 e. The maximum absolute atomic E-state index is 11.4. The zero-order valence-electron chi connectivity index (χ0n) is 10.8.